The third kappa shape index (κ3) is 4.36. The summed E-state index contributed by atoms with van der Waals surface area (Å²) < 4.78 is 0. The zero-order chi connectivity index (χ0) is 34.2. The van der Waals surface area contributed by atoms with Gasteiger partial charge in [0, 0.05) is 15.7 Å². The Balaban J connectivity index is 1.18. The van der Waals surface area contributed by atoms with E-state index in [9.17, 15) is 0 Å². The molecule has 0 atom stereocenters. The van der Waals surface area contributed by atoms with Gasteiger partial charge in [-0.1, -0.05) is 200 Å². The molecular weight excluding hydrogens is 645 g/mol. The largest absolute Gasteiger partial charge is 0.0881 e. The molecule has 0 aromatic heterocycles. The highest BCUT2D eigenvalue weighted by atomic mass is 32.2. The number of hydrogen-bond donors (Lipinski definition) is 0. The molecule has 10 aromatic rings. The molecule has 0 nitrogen and oxygen atoms in total. The quantitative estimate of drug-likeness (QED) is 0.168. The van der Waals surface area contributed by atoms with Crippen LogP contribution >= 0.6 is 11.8 Å². The van der Waals surface area contributed by atoms with E-state index >= 15 is 0 Å². The first-order valence-corrected chi connectivity index (χ1v) is 18.9. The third-order valence-corrected chi connectivity index (χ3v) is 12.5. The van der Waals surface area contributed by atoms with Gasteiger partial charge in [0.1, 0.15) is 0 Å². The SMILES string of the molecule is c1ccc(-c2cccc3c(-c4ccc(C5c6c(c7ccccc7c7ccccc67)Sc6c5c5ccccc5c5ccccc65)cc4)cccc23)cc1. The lowest BCUT2D eigenvalue weighted by molar-refractivity contribution is 0.938. The highest BCUT2D eigenvalue weighted by molar-refractivity contribution is 8.00. The van der Waals surface area contributed by atoms with E-state index in [0.29, 0.717) is 0 Å². The van der Waals surface area contributed by atoms with E-state index < -0.39 is 0 Å². The van der Waals surface area contributed by atoms with E-state index in [1.54, 1.807) is 0 Å². The number of rotatable bonds is 3. The molecule has 52 heavy (non-hydrogen) atoms. The van der Waals surface area contributed by atoms with Gasteiger partial charge in [-0.05, 0) is 92.8 Å². The van der Waals surface area contributed by atoms with Crippen molar-refractivity contribution >= 4 is 65.6 Å². The lowest BCUT2D eigenvalue weighted by Gasteiger charge is -2.33. The van der Waals surface area contributed by atoms with Crippen LogP contribution in [0.4, 0.5) is 0 Å². The van der Waals surface area contributed by atoms with Gasteiger partial charge in [-0.25, -0.2) is 0 Å². The monoisotopic (exact) mass is 676 g/mol. The van der Waals surface area contributed by atoms with Crippen LogP contribution in [-0.2, 0) is 0 Å². The molecule has 1 heteroatoms. The predicted octanol–water partition coefficient (Wildman–Crippen LogP) is 14.4. The Kier molecular flexibility index (Phi) is 6.65. The van der Waals surface area contributed by atoms with Crippen LogP contribution in [0, 0.1) is 0 Å². The van der Waals surface area contributed by atoms with Gasteiger partial charge in [0.05, 0.1) is 0 Å². The average Bonchev–Trinajstić information content (AvgIpc) is 3.23. The standard InChI is InChI=1S/C51H32S/c1-2-14-32(15-3-1)35-24-12-27-38-36(25-13-26-37(35)38)33-28-30-34(31-29-33)47-48-43-20-8-4-16-39(43)41-18-6-10-22-45(41)50(48)52-51-46-23-11-7-19-42(46)40-17-5-9-21-44(40)49(47)51/h1-31,47H. The van der Waals surface area contributed by atoms with Gasteiger partial charge in [-0.15, -0.1) is 0 Å². The normalized spacial score (nSPS) is 12.8. The van der Waals surface area contributed by atoms with E-state index in [2.05, 4.69) is 188 Å². The van der Waals surface area contributed by atoms with Gasteiger partial charge in [0.15, 0.2) is 0 Å². The van der Waals surface area contributed by atoms with Crippen LogP contribution < -0.4 is 0 Å². The van der Waals surface area contributed by atoms with E-state index in [1.807, 2.05) is 11.8 Å². The van der Waals surface area contributed by atoms with Crippen molar-refractivity contribution in [3.05, 3.63) is 205 Å². The molecule has 0 saturated carbocycles. The molecular formula is C51H32S. The molecule has 1 aliphatic heterocycles. The van der Waals surface area contributed by atoms with Crippen LogP contribution in [0.1, 0.15) is 22.6 Å². The van der Waals surface area contributed by atoms with Crippen molar-refractivity contribution in [2.75, 3.05) is 0 Å². The van der Waals surface area contributed by atoms with Crippen LogP contribution in [0.3, 0.4) is 0 Å². The minimum Gasteiger partial charge on any atom is -0.0881 e. The van der Waals surface area contributed by atoms with Crippen molar-refractivity contribution in [2.45, 2.75) is 15.7 Å². The van der Waals surface area contributed by atoms with Crippen molar-refractivity contribution in [3.8, 4) is 22.3 Å². The van der Waals surface area contributed by atoms with Gasteiger partial charge in [-0.2, -0.15) is 0 Å². The Labute approximate surface area is 307 Å². The summed E-state index contributed by atoms with van der Waals surface area (Å²) >= 11 is 1.97. The summed E-state index contributed by atoms with van der Waals surface area (Å²) in [4.78, 5) is 2.75. The second kappa shape index (κ2) is 11.7. The van der Waals surface area contributed by atoms with Gasteiger partial charge in [0.25, 0.3) is 0 Å². The Bertz CT molecular complexity index is 2900. The maximum atomic E-state index is 2.40. The summed E-state index contributed by atoms with van der Waals surface area (Å²) in [6.45, 7) is 0. The lowest BCUT2D eigenvalue weighted by Crippen LogP contribution is -2.12. The van der Waals surface area contributed by atoms with Gasteiger partial charge in [0.2, 0.25) is 0 Å². The molecule has 1 heterocycles. The summed E-state index contributed by atoms with van der Waals surface area (Å²) in [6, 6.07) is 69.8. The highest BCUT2D eigenvalue weighted by Crippen LogP contribution is 2.57. The molecule has 0 N–H and O–H groups in total. The van der Waals surface area contributed by atoms with Crippen LogP contribution in [0.2, 0.25) is 0 Å². The fourth-order valence-corrected chi connectivity index (χ4v) is 10.4. The molecule has 0 fully saturated rings. The second-order valence-electron chi connectivity index (χ2n) is 13.9. The van der Waals surface area contributed by atoms with Crippen molar-refractivity contribution in [3.63, 3.8) is 0 Å². The van der Waals surface area contributed by atoms with Gasteiger partial charge < -0.3 is 0 Å². The van der Waals surface area contributed by atoms with Crippen LogP contribution in [0.5, 0.6) is 0 Å². The molecule has 0 bridgehead atoms. The maximum Gasteiger partial charge on any atom is 0.0375 e. The van der Waals surface area contributed by atoms with E-state index in [1.165, 1.54) is 103 Å². The average molecular weight is 677 g/mol. The third-order valence-electron chi connectivity index (χ3n) is 11.2. The lowest BCUT2D eigenvalue weighted by atomic mass is 9.78. The predicted molar refractivity (Wildman–Crippen MR) is 223 cm³/mol. The molecule has 0 radical (unpaired) electrons. The Morgan fingerprint density at radius 1 is 0.269 bits per heavy atom. The zero-order valence-electron chi connectivity index (χ0n) is 28.4. The molecule has 0 saturated heterocycles. The van der Waals surface area contributed by atoms with Crippen LogP contribution in [-0.4, -0.2) is 0 Å². The second-order valence-corrected chi connectivity index (χ2v) is 14.9. The topological polar surface area (TPSA) is 0 Å². The molecule has 1 aliphatic rings. The summed E-state index contributed by atoms with van der Waals surface area (Å²) in [5.41, 5.74) is 9.15. The van der Waals surface area contributed by atoms with Crippen LogP contribution in [0.25, 0.3) is 76.1 Å². The Morgan fingerprint density at radius 2 is 0.635 bits per heavy atom. The van der Waals surface area contributed by atoms with Crippen molar-refractivity contribution in [1.29, 1.82) is 0 Å². The molecule has 10 aromatic carbocycles. The fourth-order valence-electron chi connectivity index (χ4n) is 8.93. The van der Waals surface area contributed by atoms with E-state index in [0.717, 1.165) is 0 Å². The van der Waals surface area contributed by atoms with Gasteiger partial charge in [-0.3, -0.25) is 0 Å². The van der Waals surface area contributed by atoms with E-state index in [4.69, 9.17) is 0 Å². The minimum atomic E-state index is 0.0570. The molecule has 11 rings (SSSR count). The molecule has 0 amide bonds. The van der Waals surface area contributed by atoms with Gasteiger partial charge >= 0.3 is 0 Å². The Morgan fingerprint density at radius 3 is 1.12 bits per heavy atom. The summed E-state index contributed by atoms with van der Waals surface area (Å²) in [6.07, 6.45) is 0. The zero-order valence-corrected chi connectivity index (χ0v) is 29.2. The van der Waals surface area contributed by atoms with Crippen molar-refractivity contribution in [1.82, 2.24) is 0 Å². The molecule has 0 spiro atoms. The summed E-state index contributed by atoms with van der Waals surface area (Å²) in [5, 5.41) is 13.2. The number of benzene rings is 10. The van der Waals surface area contributed by atoms with Crippen LogP contribution in [0.15, 0.2) is 198 Å². The summed E-state index contributed by atoms with van der Waals surface area (Å²) in [5.74, 6) is 0.0570. The maximum absolute atomic E-state index is 2.40. The Hall–Kier alpha value is -6.15. The first-order chi connectivity index (χ1) is 25.8. The fraction of sp³-hybridized carbons (Fsp3) is 0.0196. The smallest absolute Gasteiger partial charge is 0.0375 e. The first-order valence-electron chi connectivity index (χ1n) is 18.1. The summed E-state index contributed by atoms with van der Waals surface area (Å²) in [7, 11) is 0. The molecule has 242 valence electrons. The number of hydrogen-bond acceptors (Lipinski definition) is 1. The van der Waals surface area contributed by atoms with Crippen molar-refractivity contribution < 1.29 is 0 Å². The highest BCUT2D eigenvalue weighted by Gasteiger charge is 2.34. The first kappa shape index (κ1) is 29.6. The van der Waals surface area contributed by atoms with E-state index in [-0.39, 0.29) is 5.92 Å². The number of fused-ring (bicyclic) bond motifs is 13. The minimum absolute atomic E-state index is 0.0570. The molecule has 0 aliphatic carbocycles. The van der Waals surface area contributed by atoms with Crippen molar-refractivity contribution in [2.24, 2.45) is 0 Å². The molecule has 0 unspecified atom stereocenters.